The van der Waals surface area contributed by atoms with Crippen molar-refractivity contribution in [2.24, 2.45) is 0 Å². The highest BCUT2D eigenvalue weighted by Crippen LogP contribution is 2.47. The van der Waals surface area contributed by atoms with Crippen LogP contribution in [0.3, 0.4) is 0 Å². The summed E-state index contributed by atoms with van der Waals surface area (Å²) in [6.45, 7) is 2.56. The molecule has 1 aliphatic heterocycles. The molecule has 0 spiro atoms. The summed E-state index contributed by atoms with van der Waals surface area (Å²) < 4.78 is 30.2. The van der Waals surface area contributed by atoms with E-state index in [2.05, 4.69) is 6.07 Å². The van der Waals surface area contributed by atoms with Gasteiger partial charge in [-0.25, -0.2) is 8.42 Å². The van der Waals surface area contributed by atoms with Crippen LogP contribution in [-0.4, -0.2) is 31.9 Å². The van der Waals surface area contributed by atoms with Crippen LogP contribution in [0.15, 0.2) is 48.5 Å². The number of aliphatic carboxylic acids is 1. The van der Waals surface area contributed by atoms with Crippen molar-refractivity contribution in [3.05, 3.63) is 53.4 Å². The van der Waals surface area contributed by atoms with E-state index in [0.717, 1.165) is 33.4 Å². The molecule has 158 valence electrons. The maximum Gasteiger partial charge on any atom is 0.305 e. The molecule has 0 unspecified atom stereocenters. The highest BCUT2D eigenvalue weighted by Gasteiger charge is 2.49. The number of thiophene rings is 1. The molecule has 1 atom stereocenters. The van der Waals surface area contributed by atoms with Gasteiger partial charge < -0.3 is 9.84 Å². The highest BCUT2D eigenvalue weighted by atomic mass is 32.2. The summed E-state index contributed by atoms with van der Waals surface area (Å²) in [4.78, 5) is 13.1. The standard InChI is InChI=1S/C23H24O5S2/c1-2-28-19-8-7-16-13-18(6-5-17(16)14-19)20-9-10-21(29-20)23(15-22(24)25)11-3-4-12-30(23,26)27/h5-10,13-14H,2-4,11-12,15H2,1H3,(H,24,25)/t23-/m0/s1. The van der Waals surface area contributed by atoms with Gasteiger partial charge in [0.15, 0.2) is 9.84 Å². The molecule has 5 nitrogen and oxygen atoms in total. The Kier molecular flexibility index (Phi) is 5.59. The van der Waals surface area contributed by atoms with Crippen LogP contribution in [0.5, 0.6) is 5.75 Å². The molecule has 1 saturated heterocycles. The Bertz CT molecular complexity index is 1200. The SMILES string of the molecule is CCOc1ccc2cc(-c3ccc([C@@]4(CC(=O)O)CCCCS4(=O)=O)s3)ccc2c1. The molecule has 2 aromatic carbocycles. The van der Waals surface area contributed by atoms with Gasteiger partial charge in [-0.2, -0.15) is 0 Å². The Morgan fingerprint density at radius 3 is 2.60 bits per heavy atom. The minimum Gasteiger partial charge on any atom is -0.494 e. The third-order valence-corrected chi connectivity index (χ3v) is 9.79. The van der Waals surface area contributed by atoms with Gasteiger partial charge in [-0.15, -0.1) is 11.3 Å². The van der Waals surface area contributed by atoms with E-state index in [1.165, 1.54) is 11.3 Å². The molecule has 1 fully saturated rings. The van der Waals surface area contributed by atoms with Gasteiger partial charge in [0, 0.05) is 9.75 Å². The first-order chi connectivity index (χ1) is 14.3. The zero-order valence-electron chi connectivity index (χ0n) is 16.8. The predicted octanol–water partition coefficient (Wildman–Crippen LogP) is 5.24. The number of carboxylic acids is 1. The number of carboxylic acid groups (broad SMARTS) is 1. The second-order valence-electron chi connectivity index (χ2n) is 7.66. The Hall–Kier alpha value is -2.38. The summed E-state index contributed by atoms with van der Waals surface area (Å²) in [5, 5.41) is 11.6. The summed E-state index contributed by atoms with van der Waals surface area (Å²) in [5.74, 6) is -0.202. The number of carbonyl (C=O) groups is 1. The lowest BCUT2D eigenvalue weighted by molar-refractivity contribution is -0.137. The molecule has 7 heteroatoms. The molecular formula is C23H24O5S2. The van der Waals surface area contributed by atoms with E-state index in [0.29, 0.717) is 24.3 Å². The van der Waals surface area contributed by atoms with Crippen molar-refractivity contribution >= 4 is 37.9 Å². The first kappa shape index (κ1) is 20.9. The second kappa shape index (κ2) is 8.04. The van der Waals surface area contributed by atoms with E-state index in [4.69, 9.17) is 4.74 Å². The van der Waals surface area contributed by atoms with Crippen molar-refractivity contribution in [2.75, 3.05) is 12.4 Å². The number of hydrogen-bond acceptors (Lipinski definition) is 5. The van der Waals surface area contributed by atoms with Crippen LogP contribution in [0.2, 0.25) is 0 Å². The van der Waals surface area contributed by atoms with Crippen LogP contribution in [-0.2, 0) is 19.4 Å². The highest BCUT2D eigenvalue weighted by molar-refractivity contribution is 7.92. The molecule has 1 N–H and O–H groups in total. The Morgan fingerprint density at radius 1 is 1.10 bits per heavy atom. The molecule has 0 bridgehead atoms. The van der Waals surface area contributed by atoms with E-state index in [9.17, 15) is 18.3 Å². The lowest BCUT2D eigenvalue weighted by atomic mass is 9.95. The average molecular weight is 445 g/mol. The first-order valence-electron chi connectivity index (χ1n) is 10.1. The largest absolute Gasteiger partial charge is 0.494 e. The van der Waals surface area contributed by atoms with E-state index in [1.54, 1.807) is 6.07 Å². The second-order valence-corrected chi connectivity index (χ2v) is 11.2. The van der Waals surface area contributed by atoms with E-state index < -0.39 is 20.6 Å². The molecule has 0 saturated carbocycles. The number of sulfone groups is 1. The summed E-state index contributed by atoms with van der Waals surface area (Å²) in [6, 6.07) is 15.8. The number of hydrogen-bond donors (Lipinski definition) is 1. The fourth-order valence-electron chi connectivity index (χ4n) is 4.23. The summed E-state index contributed by atoms with van der Waals surface area (Å²) in [6.07, 6.45) is 1.29. The lowest BCUT2D eigenvalue weighted by Gasteiger charge is -2.34. The van der Waals surface area contributed by atoms with Gasteiger partial charge in [0.25, 0.3) is 0 Å². The maximum atomic E-state index is 13.0. The van der Waals surface area contributed by atoms with Crippen molar-refractivity contribution in [3.63, 3.8) is 0 Å². The Balaban J connectivity index is 1.73. The third kappa shape index (κ3) is 3.72. The molecule has 4 rings (SSSR count). The molecule has 30 heavy (non-hydrogen) atoms. The molecule has 3 aromatic rings. The average Bonchev–Trinajstić information content (AvgIpc) is 3.20. The first-order valence-corrected chi connectivity index (χ1v) is 12.5. The normalized spacial score (nSPS) is 20.8. The molecule has 0 radical (unpaired) electrons. The van der Waals surface area contributed by atoms with Gasteiger partial charge in [-0.1, -0.05) is 24.6 Å². The molecule has 0 amide bonds. The van der Waals surface area contributed by atoms with E-state index in [1.807, 2.05) is 43.3 Å². The van der Waals surface area contributed by atoms with Crippen molar-refractivity contribution in [3.8, 4) is 16.2 Å². The van der Waals surface area contributed by atoms with Gasteiger partial charge in [0.2, 0.25) is 0 Å². The summed E-state index contributed by atoms with van der Waals surface area (Å²) in [5.41, 5.74) is 0.988. The summed E-state index contributed by atoms with van der Waals surface area (Å²) >= 11 is 1.39. The van der Waals surface area contributed by atoms with Gasteiger partial charge >= 0.3 is 5.97 Å². The number of benzene rings is 2. The number of rotatable bonds is 6. The molecule has 1 aliphatic rings. The fraction of sp³-hybridized carbons (Fsp3) is 0.348. The van der Waals surface area contributed by atoms with Crippen LogP contribution in [0.1, 0.15) is 37.5 Å². The van der Waals surface area contributed by atoms with Gasteiger partial charge in [-0.05, 0) is 66.4 Å². The van der Waals surface area contributed by atoms with E-state index >= 15 is 0 Å². The van der Waals surface area contributed by atoms with Gasteiger partial charge in [0.1, 0.15) is 10.5 Å². The van der Waals surface area contributed by atoms with Crippen molar-refractivity contribution in [2.45, 2.75) is 37.4 Å². The minimum absolute atomic E-state index is 0.0473. The maximum absolute atomic E-state index is 13.0. The van der Waals surface area contributed by atoms with Gasteiger partial charge in [-0.3, -0.25) is 4.79 Å². The van der Waals surface area contributed by atoms with Crippen LogP contribution in [0.25, 0.3) is 21.2 Å². The van der Waals surface area contributed by atoms with Gasteiger partial charge in [0.05, 0.1) is 18.8 Å². The Morgan fingerprint density at radius 2 is 1.87 bits per heavy atom. The smallest absolute Gasteiger partial charge is 0.305 e. The molecular weight excluding hydrogens is 420 g/mol. The third-order valence-electron chi connectivity index (χ3n) is 5.74. The zero-order chi connectivity index (χ0) is 21.4. The Labute approximate surface area is 180 Å². The van der Waals surface area contributed by atoms with E-state index in [-0.39, 0.29) is 12.2 Å². The number of fused-ring (bicyclic) bond motifs is 1. The topological polar surface area (TPSA) is 80.7 Å². The predicted molar refractivity (Wildman–Crippen MR) is 120 cm³/mol. The summed E-state index contributed by atoms with van der Waals surface area (Å²) in [7, 11) is -3.53. The monoisotopic (exact) mass is 444 g/mol. The lowest BCUT2D eigenvalue weighted by Crippen LogP contribution is -2.41. The van der Waals surface area contributed by atoms with Crippen LogP contribution >= 0.6 is 11.3 Å². The molecule has 0 aliphatic carbocycles. The number of ether oxygens (including phenoxy) is 1. The van der Waals surface area contributed by atoms with Crippen molar-refractivity contribution < 1.29 is 23.1 Å². The van der Waals surface area contributed by atoms with Crippen molar-refractivity contribution in [1.82, 2.24) is 0 Å². The van der Waals surface area contributed by atoms with Crippen LogP contribution in [0.4, 0.5) is 0 Å². The van der Waals surface area contributed by atoms with Crippen molar-refractivity contribution in [1.29, 1.82) is 0 Å². The zero-order valence-corrected chi connectivity index (χ0v) is 18.4. The minimum atomic E-state index is -3.53. The fourth-order valence-corrected chi connectivity index (χ4v) is 8.00. The molecule has 1 aromatic heterocycles. The van der Waals surface area contributed by atoms with Crippen LogP contribution in [0, 0.1) is 0 Å². The van der Waals surface area contributed by atoms with Crippen LogP contribution < -0.4 is 4.74 Å². The molecule has 2 heterocycles. The quantitative estimate of drug-likeness (QED) is 0.563.